The summed E-state index contributed by atoms with van der Waals surface area (Å²) in [5.41, 5.74) is 2.50. The molecule has 0 amide bonds. The molecule has 1 heterocycles. The highest BCUT2D eigenvalue weighted by Gasteiger charge is 2.30. The van der Waals surface area contributed by atoms with Crippen LogP contribution in [0.4, 0.5) is 19.0 Å². The SMILES string of the molecule is CCOc1ccc(Br)cc1/C=N\Nc1ccc(C(F)(F)F)cn1. The number of ether oxygens (including phenoxy) is 1. The lowest BCUT2D eigenvalue weighted by Gasteiger charge is -2.08. The van der Waals surface area contributed by atoms with Crippen LogP contribution in [0.25, 0.3) is 0 Å². The molecule has 1 N–H and O–H groups in total. The van der Waals surface area contributed by atoms with Crippen LogP contribution in [-0.4, -0.2) is 17.8 Å². The van der Waals surface area contributed by atoms with Gasteiger partial charge >= 0.3 is 6.18 Å². The molecule has 122 valence electrons. The van der Waals surface area contributed by atoms with Crippen LogP contribution >= 0.6 is 15.9 Å². The molecule has 0 saturated heterocycles. The molecule has 0 bridgehead atoms. The maximum absolute atomic E-state index is 12.4. The Morgan fingerprint density at radius 1 is 1.30 bits per heavy atom. The Balaban J connectivity index is 2.08. The van der Waals surface area contributed by atoms with Crippen LogP contribution < -0.4 is 10.2 Å². The fourth-order valence-corrected chi connectivity index (χ4v) is 2.08. The molecule has 1 aromatic carbocycles. The predicted molar refractivity (Wildman–Crippen MR) is 85.8 cm³/mol. The molecule has 0 aliphatic rings. The van der Waals surface area contributed by atoms with E-state index in [1.165, 1.54) is 12.3 Å². The number of benzene rings is 1. The number of hydrogen-bond donors (Lipinski definition) is 1. The van der Waals surface area contributed by atoms with E-state index in [1.807, 2.05) is 19.1 Å². The van der Waals surface area contributed by atoms with E-state index in [4.69, 9.17) is 4.74 Å². The Morgan fingerprint density at radius 2 is 2.09 bits per heavy atom. The van der Waals surface area contributed by atoms with Crippen molar-refractivity contribution in [2.75, 3.05) is 12.0 Å². The molecule has 0 fully saturated rings. The van der Waals surface area contributed by atoms with Gasteiger partial charge in [0.05, 0.1) is 18.4 Å². The number of hydrazone groups is 1. The van der Waals surface area contributed by atoms with Gasteiger partial charge in [-0.2, -0.15) is 18.3 Å². The molecule has 1 aromatic heterocycles. The molecule has 0 atom stereocenters. The number of hydrogen-bond acceptors (Lipinski definition) is 4. The summed E-state index contributed by atoms with van der Waals surface area (Å²) in [5.74, 6) is 0.865. The molecule has 0 aliphatic heterocycles. The molecule has 0 saturated carbocycles. The van der Waals surface area contributed by atoms with Gasteiger partial charge in [0.25, 0.3) is 0 Å². The lowest BCUT2D eigenvalue weighted by Crippen LogP contribution is -2.05. The average Bonchev–Trinajstić information content (AvgIpc) is 2.50. The minimum Gasteiger partial charge on any atom is -0.493 e. The Hall–Kier alpha value is -2.09. The second-order valence-electron chi connectivity index (χ2n) is 4.42. The number of alkyl halides is 3. The Kier molecular flexibility index (Phi) is 5.59. The van der Waals surface area contributed by atoms with Gasteiger partial charge in [0.15, 0.2) is 0 Å². The van der Waals surface area contributed by atoms with Crippen LogP contribution in [0.15, 0.2) is 46.1 Å². The molecule has 23 heavy (non-hydrogen) atoms. The van der Waals surface area contributed by atoms with Crippen molar-refractivity contribution < 1.29 is 17.9 Å². The van der Waals surface area contributed by atoms with Gasteiger partial charge in [-0.15, -0.1) is 0 Å². The van der Waals surface area contributed by atoms with E-state index in [0.29, 0.717) is 12.4 Å². The molecule has 2 rings (SSSR count). The van der Waals surface area contributed by atoms with E-state index in [-0.39, 0.29) is 5.82 Å². The number of aromatic nitrogens is 1. The number of halogens is 4. The van der Waals surface area contributed by atoms with Gasteiger partial charge in [0.2, 0.25) is 0 Å². The van der Waals surface area contributed by atoms with Crippen molar-refractivity contribution in [3.8, 4) is 5.75 Å². The van der Waals surface area contributed by atoms with E-state index in [1.54, 1.807) is 6.07 Å². The maximum atomic E-state index is 12.4. The maximum Gasteiger partial charge on any atom is 0.417 e. The number of anilines is 1. The fourth-order valence-electron chi connectivity index (χ4n) is 1.70. The normalized spacial score (nSPS) is 11.7. The monoisotopic (exact) mass is 387 g/mol. The third-order valence-electron chi connectivity index (χ3n) is 2.75. The van der Waals surface area contributed by atoms with Gasteiger partial charge in [-0.25, -0.2) is 4.98 Å². The summed E-state index contributed by atoms with van der Waals surface area (Å²) in [4.78, 5) is 3.67. The Labute approximate surface area is 139 Å². The first kappa shape index (κ1) is 17.3. The summed E-state index contributed by atoms with van der Waals surface area (Å²) in [5, 5.41) is 3.97. The van der Waals surface area contributed by atoms with Crippen molar-refractivity contribution in [3.05, 3.63) is 52.1 Å². The van der Waals surface area contributed by atoms with Crippen molar-refractivity contribution in [1.29, 1.82) is 0 Å². The van der Waals surface area contributed by atoms with Gasteiger partial charge in [0.1, 0.15) is 11.6 Å². The first-order valence-corrected chi connectivity index (χ1v) is 7.44. The van der Waals surface area contributed by atoms with Crippen LogP contribution in [0, 0.1) is 0 Å². The first-order chi connectivity index (χ1) is 10.9. The van der Waals surface area contributed by atoms with Crippen molar-refractivity contribution in [3.63, 3.8) is 0 Å². The van der Waals surface area contributed by atoms with E-state index in [0.717, 1.165) is 22.3 Å². The molecule has 0 unspecified atom stereocenters. The Morgan fingerprint density at radius 3 is 2.70 bits per heavy atom. The van der Waals surface area contributed by atoms with Crippen LogP contribution in [0.5, 0.6) is 5.75 Å². The van der Waals surface area contributed by atoms with Crippen LogP contribution in [0.3, 0.4) is 0 Å². The highest BCUT2D eigenvalue weighted by atomic mass is 79.9. The number of nitrogens with one attached hydrogen (secondary N) is 1. The first-order valence-electron chi connectivity index (χ1n) is 6.65. The fraction of sp³-hybridized carbons (Fsp3) is 0.200. The van der Waals surface area contributed by atoms with E-state index in [9.17, 15) is 13.2 Å². The van der Waals surface area contributed by atoms with Gasteiger partial charge in [-0.05, 0) is 37.3 Å². The lowest BCUT2D eigenvalue weighted by atomic mass is 10.2. The standard InChI is InChI=1S/C15H13BrF3N3O/c1-2-23-13-5-4-12(16)7-10(13)8-21-22-14-6-3-11(9-20-14)15(17,18)19/h3-9H,2H2,1H3,(H,20,22)/b21-8-. The Bertz CT molecular complexity index is 687. The molecule has 0 aliphatic carbocycles. The van der Waals surface area contributed by atoms with Gasteiger partial charge < -0.3 is 4.74 Å². The lowest BCUT2D eigenvalue weighted by molar-refractivity contribution is -0.137. The summed E-state index contributed by atoms with van der Waals surface area (Å²) in [6.45, 7) is 2.38. The number of nitrogens with zero attached hydrogens (tertiary/aromatic N) is 2. The summed E-state index contributed by atoms with van der Waals surface area (Å²) in [6.07, 6.45) is -2.14. The van der Waals surface area contributed by atoms with Gasteiger partial charge in [0, 0.05) is 16.2 Å². The summed E-state index contributed by atoms with van der Waals surface area (Å²) in [7, 11) is 0. The highest BCUT2D eigenvalue weighted by molar-refractivity contribution is 9.10. The third kappa shape index (κ3) is 4.95. The summed E-state index contributed by atoms with van der Waals surface area (Å²) < 4.78 is 43.6. The molecular formula is C15H13BrF3N3O. The van der Waals surface area contributed by atoms with Crippen LogP contribution in [-0.2, 0) is 6.18 Å². The zero-order valence-electron chi connectivity index (χ0n) is 12.1. The summed E-state index contributed by atoms with van der Waals surface area (Å²) >= 11 is 3.35. The average molecular weight is 388 g/mol. The molecule has 0 radical (unpaired) electrons. The molecular weight excluding hydrogens is 375 g/mol. The highest BCUT2D eigenvalue weighted by Crippen LogP contribution is 2.28. The van der Waals surface area contributed by atoms with Crippen molar-refractivity contribution in [2.45, 2.75) is 13.1 Å². The van der Waals surface area contributed by atoms with Crippen molar-refractivity contribution in [1.82, 2.24) is 4.98 Å². The predicted octanol–water partition coefficient (Wildman–Crippen LogP) is 4.71. The van der Waals surface area contributed by atoms with E-state index in [2.05, 4.69) is 31.4 Å². The smallest absolute Gasteiger partial charge is 0.417 e. The van der Waals surface area contributed by atoms with E-state index < -0.39 is 11.7 Å². The minimum absolute atomic E-state index is 0.210. The summed E-state index contributed by atoms with van der Waals surface area (Å²) in [6, 6.07) is 7.61. The number of pyridine rings is 1. The second kappa shape index (κ2) is 7.45. The molecule has 8 heteroatoms. The topological polar surface area (TPSA) is 46.5 Å². The second-order valence-corrected chi connectivity index (χ2v) is 5.33. The van der Waals surface area contributed by atoms with Crippen molar-refractivity contribution >= 4 is 28.0 Å². The van der Waals surface area contributed by atoms with Crippen LogP contribution in [0.1, 0.15) is 18.1 Å². The number of rotatable bonds is 5. The van der Waals surface area contributed by atoms with Crippen molar-refractivity contribution in [2.24, 2.45) is 5.10 Å². The largest absolute Gasteiger partial charge is 0.493 e. The molecule has 2 aromatic rings. The quantitative estimate of drug-likeness (QED) is 0.596. The zero-order chi connectivity index (χ0) is 16.9. The van der Waals surface area contributed by atoms with E-state index >= 15 is 0 Å². The van der Waals surface area contributed by atoms with Crippen LogP contribution in [0.2, 0.25) is 0 Å². The zero-order valence-corrected chi connectivity index (χ0v) is 13.6. The van der Waals surface area contributed by atoms with Gasteiger partial charge in [-0.3, -0.25) is 5.43 Å². The molecule has 0 spiro atoms. The minimum atomic E-state index is -4.41. The van der Waals surface area contributed by atoms with Gasteiger partial charge in [-0.1, -0.05) is 15.9 Å². The molecule has 4 nitrogen and oxygen atoms in total. The third-order valence-corrected chi connectivity index (χ3v) is 3.24.